The zero-order chi connectivity index (χ0) is 15.0. The van der Waals surface area contributed by atoms with Crippen LogP contribution in [0.3, 0.4) is 0 Å². The molecule has 1 rings (SSSR count). The molecule has 0 radical (unpaired) electrons. The molecule has 4 heteroatoms. The Balaban J connectivity index is 0.00000400. The lowest BCUT2D eigenvalue weighted by atomic mass is 10.0. The molecule has 3 nitrogen and oxygen atoms in total. The zero-order valence-electron chi connectivity index (χ0n) is 13.3. The number of rotatable bonds is 8. The Morgan fingerprint density at radius 2 is 1.76 bits per heavy atom. The molecule has 0 aliphatic heterocycles. The number of carbonyl (C=O) groups excluding carboxylic acids is 1. The van der Waals surface area contributed by atoms with Gasteiger partial charge in [0.25, 0.3) is 0 Å². The summed E-state index contributed by atoms with van der Waals surface area (Å²) in [5.41, 5.74) is 7.06. The van der Waals surface area contributed by atoms with Crippen molar-refractivity contribution in [3.63, 3.8) is 0 Å². The predicted molar refractivity (Wildman–Crippen MR) is 91.5 cm³/mol. The normalized spacial score (nSPS) is 13.4. The summed E-state index contributed by atoms with van der Waals surface area (Å²) in [6.07, 6.45) is 3.75. The number of hydrogen-bond acceptors (Lipinski definition) is 2. The Morgan fingerprint density at radius 1 is 1.14 bits per heavy atom. The third kappa shape index (κ3) is 8.74. The van der Waals surface area contributed by atoms with Crippen molar-refractivity contribution in [3.05, 3.63) is 35.9 Å². The Hall–Kier alpha value is -1.06. The van der Waals surface area contributed by atoms with E-state index in [-0.39, 0.29) is 30.4 Å². The fourth-order valence-corrected chi connectivity index (χ4v) is 2.26. The summed E-state index contributed by atoms with van der Waals surface area (Å²) in [5.74, 6) is 0.766. The third-order valence-electron chi connectivity index (χ3n) is 3.46. The minimum absolute atomic E-state index is 0. The van der Waals surface area contributed by atoms with Crippen LogP contribution in [-0.2, 0) is 4.79 Å². The second-order valence-electron chi connectivity index (χ2n) is 6.01. The summed E-state index contributed by atoms with van der Waals surface area (Å²) in [6.45, 7) is 6.51. The largest absolute Gasteiger partial charge is 0.354 e. The number of hydrogen-bond donors (Lipinski definition) is 2. The van der Waals surface area contributed by atoms with Crippen LogP contribution in [0.25, 0.3) is 0 Å². The van der Waals surface area contributed by atoms with Crippen molar-refractivity contribution in [3.8, 4) is 0 Å². The highest BCUT2D eigenvalue weighted by molar-refractivity contribution is 5.85. The van der Waals surface area contributed by atoms with Gasteiger partial charge in [-0.15, -0.1) is 12.4 Å². The molecule has 0 bridgehead atoms. The Kier molecular flexibility index (Phi) is 10.1. The van der Waals surface area contributed by atoms with Crippen LogP contribution in [0.1, 0.15) is 58.1 Å². The number of carbonyl (C=O) groups is 1. The minimum atomic E-state index is -0.223. The van der Waals surface area contributed by atoms with Gasteiger partial charge in [-0.1, -0.05) is 57.0 Å². The van der Waals surface area contributed by atoms with E-state index in [0.717, 1.165) is 24.3 Å². The third-order valence-corrected chi connectivity index (χ3v) is 3.46. The summed E-state index contributed by atoms with van der Waals surface area (Å²) in [6, 6.07) is 9.77. The van der Waals surface area contributed by atoms with Crippen LogP contribution in [0, 0.1) is 5.92 Å². The van der Waals surface area contributed by atoms with Crippen LogP contribution in [0.5, 0.6) is 0 Å². The van der Waals surface area contributed by atoms with Crippen molar-refractivity contribution in [1.29, 1.82) is 0 Å². The first kappa shape index (κ1) is 19.9. The van der Waals surface area contributed by atoms with E-state index in [0.29, 0.717) is 6.42 Å². The number of amides is 1. The van der Waals surface area contributed by atoms with Crippen molar-refractivity contribution in [2.75, 3.05) is 0 Å². The van der Waals surface area contributed by atoms with Gasteiger partial charge in [-0.05, 0) is 24.8 Å². The number of halogens is 1. The molecule has 0 aliphatic carbocycles. The van der Waals surface area contributed by atoms with E-state index < -0.39 is 0 Å². The van der Waals surface area contributed by atoms with Gasteiger partial charge in [0.05, 0.1) is 0 Å². The molecule has 0 aromatic heterocycles. The molecule has 3 N–H and O–H groups in total. The van der Waals surface area contributed by atoms with Crippen molar-refractivity contribution >= 4 is 18.3 Å². The van der Waals surface area contributed by atoms with Gasteiger partial charge in [0, 0.05) is 18.5 Å². The summed E-state index contributed by atoms with van der Waals surface area (Å²) < 4.78 is 0. The topological polar surface area (TPSA) is 55.1 Å². The summed E-state index contributed by atoms with van der Waals surface area (Å²) in [7, 11) is 0. The van der Waals surface area contributed by atoms with E-state index in [9.17, 15) is 4.79 Å². The van der Waals surface area contributed by atoms with Gasteiger partial charge in [-0.2, -0.15) is 0 Å². The molecule has 21 heavy (non-hydrogen) atoms. The Morgan fingerprint density at radius 3 is 2.33 bits per heavy atom. The first-order valence-electron chi connectivity index (χ1n) is 7.59. The van der Waals surface area contributed by atoms with Crippen LogP contribution in [0.15, 0.2) is 30.3 Å². The number of nitrogens with two attached hydrogens (primary N) is 1. The summed E-state index contributed by atoms with van der Waals surface area (Å²) in [5, 5.41) is 3.04. The molecule has 0 aliphatic rings. The highest BCUT2D eigenvalue weighted by Crippen LogP contribution is 2.13. The molecule has 120 valence electrons. The van der Waals surface area contributed by atoms with Crippen LogP contribution >= 0.6 is 12.4 Å². The summed E-state index contributed by atoms with van der Waals surface area (Å²) in [4.78, 5) is 11.9. The van der Waals surface area contributed by atoms with E-state index in [4.69, 9.17) is 5.73 Å². The lowest BCUT2D eigenvalue weighted by Gasteiger charge is -2.17. The molecule has 1 aromatic carbocycles. The Labute approximate surface area is 135 Å². The van der Waals surface area contributed by atoms with E-state index in [1.165, 1.54) is 6.42 Å². The standard InChI is InChI=1S/C17H28N2O.ClH/c1-13(2)8-7-9-14(3)19-17(20)12-16(18)15-10-5-4-6-11-15;/h4-6,10-11,13-14,16H,7-9,12,18H2,1-3H3,(H,19,20);1H. The van der Waals surface area contributed by atoms with Gasteiger partial charge < -0.3 is 11.1 Å². The lowest BCUT2D eigenvalue weighted by Crippen LogP contribution is -2.34. The summed E-state index contributed by atoms with van der Waals surface area (Å²) >= 11 is 0. The first-order chi connectivity index (χ1) is 9.49. The predicted octanol–water partition coefficient (Wildman–Crippen LogP) is 3.83. The van der Waals surface area contributed by atoms with Crippen molar-refractivity contribution < 1.29 is 4.79 Å². The minimum Gasteiger partial charge on any atom is -0.354 e. The van der Waals surface area contributed by atoms with Gasteiger partial charge in [-0.3, -0.25) is 4.79 Å². The maximum atomic E-state index is 11.9. The van der Waals surface area contributed by atoms with Crippen molar-refractivity contribution in [2.45, 2.75) is 58.5 Å². The molecular weight excluding hydrogens is 284 g/mol. The monoisotopic (exact) mass is 312 g/mol. The zero-order valence-corrected chi connectivity index (χ0v) is 14.2. The second-order valence-corrected chi connectivity index (χ2v) is 6.01. The van der Waals surface area contributed by atoms with Crippen LogP contribution in [0.2, 0.25) is 0 Å². The molecule has 0 fully saturated rings. The smallest absolute Gasteiger partial charge is 0.222 e. The fourth-order valence-electron chi connectivity index (χ4n) is 2.26. The van der Waals surface area contributed by atoms with Gasteiger partial charge in [0.1, 0.15) is 0 Å². The molecule has 0 saturated heterocycles. The molecule has 2 atom stereocenters. The van der Waals surface area contributed by atoms with Gasteiger partial charge in [-0.25, -0.2) is 0 Å². The van der Waals surface area contributed by atoms with E-state index in [1.807, 2.05) is 30.3 Å². The molecule has 0 saturated carbocycles. The number of benzene rings is 1. The molecule has 0 spiro atoms. The van der Waals surface area contributed by atoms with Gasteiger partial charge >= 0.3 is 0 Å². The van der Waals surface area contributed by atoms with Gasteiger partial charge in [0.15, 0.2) is 0 Å². The SMILES string of the molecule is CC(C)CCCC(C)NC(=O)CC(N)c1ccccc1.Cl. The van der Waals surface area contributed by atoms with E-state index in [2.05, 4.69) is 26.1 Å². The highest BCUT2D eigenvalue weighted by atomic mass is 35.5. The Bertz CT molecular complexity index is 395. The van der Waals surface area contributed by atoms with Crippen LogP contribution in [0.4, 0.5) is 0 Å². The van der Waals surface area contributed by atoms with Crippen LogP contribution in [-0.4, -0.2) is 11.9 Å². The maximum absolute atomic E-state index is 11.9. The highest BCUT2D eigenvalue weighted by Gasteiger charge is 2.13. The average molecular weight is 313 g/mol. The van der Waals surface area contributed by atoms with E-state index >= 15 is 0 Å². The molecule has 1 amide bonds. The van der Waals surface area contributed by atoms with Gasteiger partial charge in [0.2, 0.25) is 5.91 Å². The molecule has 2 unspecified atom stereocenters. The number of nitrogens with one attached hydrogen (secondary N) is 1. The van der Waals surface area contributed by atoms with Crippen molar-refractivity contribution in [1.82, 2.24) is 5.32 Å². The maximum Gasteiger partial charge on any atom is 0.222 e. The molecule has 1 aromatic rings. The van der Waals surface area contributed by atoms with E-state index in [1.54, 1.807) is 0 Å². The molecular formula is C17H29ClN2O. The lowest BCUT2D eigenvalue weighted by molar-refractivity contribution is -0.122. The van der Waals surface area contributed by atoms with Crippen LogP contribution < -0.4 is 11.1 Å². The molecule has 0 heterocycles. The second kappa shape index (κ2) is 10.6. The average Bonchev–Trinajstić information content (AvgIpc) is 2.38. The van der Waals surface area contributed by atoms with Crippen molar-refractivity contribution in [2.24, 2.45) is 11.7 Å². The fraction of sp³-hybridized carbons (Fsp3) is 0.588. The quantitative estimate of drug-likeness (QED) is 0.766. The first-order valence-corrected chi connectivity index (χ1v) is 7.59.